The van der Waals surface area contributed by atoms with E-state index < -0.39 is 18.4 Å². The van der Waals surface area contributed by atoms with Crippen LogP contribution in [0.3, 0.4) is 0 Å². The first-order valence-corrected chi connectivity index (χ1v) is 16.3. The van der Waals surface area contributed by atoms with E-state index in [1.807, 2.05) is 6.20 Å². The molecule has 2 aromatic carbocycles. The van der Waals surface area contributed by atoms with Gasteiger partial charge in [-0.2, -0.15) is 0 Å². The number of fused-ring (bicyclic) bond motifs is 3. The maximum atomic E-state index is 4.62. The molecule has 0 aliphatic heterocycles. The van der Waals surface area contributed by atoms with Crippen LogP contribution in [0.15, 0.2) is 48.7 Å². The summed E-state index contributed by atoms with van der Waals surface area (Å²) in [4.78, 5) is 12.0. The molecule has 1 nitrogen and oxygen atoms in total. The van der Waals surface area contributed by atoms with Gasteiger partial charge in [0, 0.05) is 0 Å². The van der Waals surface area contributed by atoms with Crippen molar-refractivity contribution in [3.05, 3.63) is 48.7 Å². The van der Waals surface area contributed by atoms with Crippen molar-refractivity contribution in [2.24, 2.45) is 0 Å². The first kappa shape index (κ1) is 12.0. The van der Waals surface area contributed by atoms with Gasteiger partial charge < -0.3 is 0 Å². The summed E-state index contributed by atoms with van der Waals surface area (Å²) in [6.45, 7) is 0. The Hall–Kier alpha value is -1.09. The second-order valence-electron chi connectivity index (χ2n) is 5.80. The third-order valence-corrected chi connectivity index (χ3v) is 9.22. The maximum absolute atomic E-state index is 4.62. The molecule has 1 aromatic heterocycles. The molecular weight excluding hydrogens is 325 g/mol. The molecule has 2 heteroatoms. The van der Waals surface area contributed by atoms with Crippen LogP contribution in [0.1, 0.15) is 0 Å². The van der Waals surface area contributed by atoms with Crippen molar-refractivity contribution in [1.82, 2.24) is 4.98 Å². The topological polar surface area (TPSA) is 12.9 Å². The Labute approximate surface area is 112 Å². The van der Waals surface area contributed by atoms with Crippen molar-refractivity contribution in [2.45, 2.75) is 14.8 Å². The molecule has 0 unspecified atom stereocenters. The van der Waals surface area contributed by atoms with Gasteiger partial charge in [0.15, 0.2) is 0 Å². The summed E-state index contributed by atoms with van der Waals surface area (Å²) >= 11 is -2.12. The van der Waals surface area contributed by atoms with Crippen molar-refractivity contribution in [2.75, 3.05) is 0 Å². The standard InChI is InChI=1S/C13H8N.3CH3.Sn/c1-2-6-11-10(5-1)9-14-13-8-4-3-7-12(11)13;;;;/h1-6,8-9H;3*1H3;. The van der Waals surface area contributed by atoms with Gasteiger partial charge >= 0.3 is 112 Å². The van der Waals surface area contributed by atoms with E-state index >= 15 is 0 Å². The van der Waals surface area contributed by atoms with Crippen LogP contribution in [0.25, 0.3) is 21.7 Å². The van der Waals surface area contributed by atoms with Gasteiger partial charge in [-0.05, 0) is 0 Å². The van der Waals surface area contributed by atoms with E-state index in [1.165, 1.54) is 16.2 Å². The molecule has 0 aliphatic carbocycles. The van der Waals surface area contributed by atoms with Crippen molar-refractivity contribution in [3.63, 3.8) is 0 Å². The zero-order valence-electron chi connectivity index (χ0n) is 11.1. The second-order valence-corrected chi connectivity index (χ2v) is 20.2. The van der Waals surface area contributed by atoms with E-state index in [-0.39, 0.29) is 0 Å². The Morgan fingerprint density at radius 1 is 0.889 bits per heavy atom. The number of hydrogen-bond donors (Lipinski definition) is 0. The fourth-order valence-corrected chi connectivity index (χ4v) is 7.12. The molecular formula is C16H17NSn. The Bertz CT molecular complexity index is 726. The quantitative estimate of drug-likeness (QED) is 0.482. The first-order valence-electron chi connectivity index (χ1n) is 6.34. The van der Waals surface area contributed by atoms with Gasteiger partial charge in [-0.15, -0.1) is 0 Å². The van der Waals surface area contributed by atoms with Crippen LogP contribution in [0.2, 0.25) is 14.8 Å². The molecule has 0 saturated carbocycles. The summed E-state index contributed by atoms with van der Waals surface area (Å²) in [5.74, 6) is 0. The Balaban J connectivity index is 2.55. The summed E-state index contributed by atoms with van der Waals surface area (Å²) in [6, 6.07) is 15.2. The van der Waals surface area contributed by atoms with E-state index in [2.05, 4.69) is 62.3 Å². The number of rotatable bonds is 1. The van der Waals surface area contributed by atoms with Crippen LogP contribution in [-0.2, 0) is 0 Å². The Morgan fingerprint density at radius 3 is 2.44 bits per heavy atom. The molecule has 0 aliphatic rings. The molecule has 1 heterocycles. The second kappa shape index (κ2) is 4.23. The molecule has 0 bridgehead atoms. The average Bonchev–Trinajstić information content (AvgIpc) is 2.36. The van der Waals surface area contributed by atoms with E-state index in [4.69, 9.17) is 0 Å². The summed E-state index contributed by atoms with van der Waals surface area (Å²) in [5.41, 5.74) is 1.14. The summed E-state index contributed by atoms with van der Waals surface area (Å²) in [5, 5.41) is 3.98. The molecule has 0 N–H and O–H groups in total. The fraction of sp³-hybridized carbons (Fsp3) is 0.188. The summed E-state index contributed by atoms with van der Waals surface area (Å²) < 4.78 is 1.58. The van der Waals surface area contributed by atoms with Crippen LogP contribution in [0, 0.1) is 0 Å². The zero-order valence-corrected chi connectivity index (χ0v) is 13.9. The first-order chi connectivity index (χ1) is 8.57. The molecule has 0 amide bonds. The van der Waals surface area contributed by atoms with Gasteiger partial charge in [0.2, 0.25) is 0 Å². The van der Waals surface area contributed by atoms with Crippen LogP contribution in [0.5, 0.6) is 0 Å². The van der Waals surface area contributed by atoms with Crippen molar-refractivity contribution < 1.29 is 0 Å². The molecule has 90 valence electrons. The number of nitrogens with zero attached hydrogens (tertiary/aromatic N) is 1. The van der Waals surface area contributed by atoms with Gasteiger partial charge in [0.1, 0.15) is 0 Å². The third kappa shape index (κ3) is 1.91. The minimum atomic E-state index is -2.12. The number of aromatic nitrogens is 1. The van der Waals surface area contributed by atoms with Crippen molar-refractivity contribution >= 4 is 43.6 Å². The van der Waals surface area contributed by atoms with E-state index in [9.17, 15) is 0 Å². The molecule has 0 radical (unpaired) electrons. The number of benzene rings is 2. The van der Waals surface area contributed by atoms with Gasteiger partial charge in [-0.25, -0.2) is 0 Å². The van der Waals surface area contributed by atoms with Gasteiger partial charge in [0.05, 0.1) is 0 Å². The minimum absolute atomic E-state index is 1.14. The predicted molar refractivity (Wildman–Crippen MR) is 82.2 cm³/mol. The zero-order chi connectivity index (χ0) is 12.8. The molecule has 0 spiro atoms. The fourth-order valence-electron chi connectivity index (χ4n) is 2.53. The Morgan fingerprint density at radius 2 is 1.67 bits per heavy atom. The van der Waals surface area contributed by atoms with Gasteiger partial charge in [-0.1, -0.05) is 0 Å². The number of hydrogen-bond acceptors (Lipinski definition) is 1. The van der Waals surface area contributed by atoms with Crippen LogP contribution in [0.4, 0.5) is 0 Å². The van der Waals surface area contributed by atoms with Crippen LogP contribution in [-0.4, -0.2) is 23.4 Å². The SMILES string of the molecule is [CH3][Sn]([CH3])([CH3])[c]1cccc2ncc3ccccc3c12. The predicted octanol–water partition coefficient (Wildman–Crippen LogP) is 3.93. The Kier molecular flexibility index (Phi) is 2.81. The molecule has 3 aromatic rings. The summed E-state index contributed by atoms with van der Waals surface area (Å²) in [6.07, 6.45) is 1.99. The van der Waals surface area contributed by atoms with Crippen LogP contribution >= 0.6 is 0 Å². The monoisotopic (exact) mass is 343 g/mol. The normalized spacial score (nSPS) is 12.2. The van der Waals surface area contributed by atoms with E-state index in [0.29, 0.717) is 0 Å². The molecule has 3 rings (SSSR count). The van der Waals surface area contributed by atoms with Gasteiger partial charge in [-0.3, -0.25) is 0 Å². The third-order valence-electron chi connectivity index (χ3n) is 3.42. The van der Waals surface area contributed by atoms with Crippen molar-refractivity contribution in [3.8, 4) is 0 Å². The van der Waals surface area contributed by atoms with E-state index in [0.717, 1.165) is 5.52 Å². The van der Waals surface area contributed by atoms with Gasteiger partial charge in [0.25, 0.3) is 0 Å². The average molecular weight is 342 g/mol. The molecule has 0 fully saturated rings. The summed E-state index contributed by atoms with van der Waals surface area (Å²) in [7, 11) is 0. The molecule has 18 heavy (non-hydrogen) atoms. The van der Waals surface area contributed by atoms with Crippen LogP contribution < -0.4 is 3.58 Å². The number of pyridine rings is 1. The molecule has 0 saturated heterocycles. The van der Waals surface area contributed by atoms with E-state index in [1.54, 1.807) is 3.58 Å². The molecule has 0 atom stereocenters. The van der Waals surface area contributed by atoms with Crippen molar-refractivity contribution in [1.29, 1.82) is 0 Å².